The fourth-order valence-electron chi connectivity index (χ4n) is 2.23. The molecule has 3 nitrogen and oxygen atoms in total. The molecule has 3 atom stereocenters. The van der Waals surface area contributed by atoms with Gasteiger partial charge in [0.15, 0.2) is 0 Å². The molecule has 2 aliphatic rings. The van der Waals surface area contributed by atoms with Crippen molar-refractivity contribution in [3.05, 3.63) is 0 Å². The Hall–Kier alpha value is -0.570. The van der Waals surface area contributed by atoms with Gasteiger partial charge in [-0.2, -0.15) is 0 Å². The van der Waals surface area contributed by atoms with Gasteiger partial charge < -0.3 is 10.6 Å². The van der Waals surface area contributed by atoms with Crippen LogP contribution in [0.4, 0.5) is 0 Å². The molecule has 1 aliphatic heterocycles. The van der Waals surface area contributed by atoms with Gasteiger partial charge in [0.1, 0.15) is 0 Å². The van der Waals surface area contributed by atoms with Gasteiger partial charge in [-0.1, -0.05) is 0 Å². The molecule has 2 rings (SSSR count). The predicted molar refractivity (Wildman–Crippen MR) is 46.4 cm³/mol. The highest BCUT2D eigenvalue weighted by Gasteiger charge is 2.45. The Kier molecular flexibility index (Phi) is 1.83. The number of likely N-dealkylation sites (tertiary alicyclic amines) is 1. The largest absolute Gasteiger partial charge is 0.341 e. The van der Waals surface area contributed by atoms with Crippen molar-refractivity contribution in [1.82, 2.24) is 4.90 Å². The monoisotopic (exact) mass is 168 g/mol. The number of carbonyl (C=O) groups is 1. The van der Waals surface area contributed by atoms with Crippen molar-refractivity contribution >= 4 is 5.91 Å². The highest BCUT2D eigenvalue weighted by atomic mass is 16.2. The van der Waals surface area contributed by atoms with E-state index in [1.807, 2.05) is 11.8 Å². The smallest absolute Gasteiger partial charge is 0.226 e. The van der Waals surface area contributed by atoms with Crippen LogP contribution in [0.2, 0.25) is 0 Å². The number of amides is 1. The fourth-order valence-corrected chi connectivity index (χ4v) is 2.23. The molecule has 0 radical (unpaired) electrons. The quantitative estimate of drug-likeness (QED) is 0.640. The van der Waals surface area contributed by atoms with Crippen molar-refractivity contribution in [2.24, 2.45) is 17.6 Å². The highest BCUT2D eigenvalue weighted by molar-refractivity contribution is 5.82. The molecule has 2 N–H and O–H groups in total. The minimum absolute atomic E-state index is 0.117. The summed E-state index contributed by atoms with van der Waals surface area (Å²) in [5.74, 6) is 1.38. The van der Waals surface area contributed by atoms with Crippen LogP contribution in [0.3, 0.4) is 0 Å². The number of fused-ring (bicyclic) bond motifs is 1. The number of carbonyl (C=O) groups excluding carboxylic acids is 1. The second-order valence-corrected chi connectivity index (χ2v) is 4.16. The topological polar surface area (TPSA) is 46.3 Å². The van der Waals surface area contributed by atoms with Crippen LogP contribution in [0.5, 0.6) is 0 Å². The zero-order valence-corrected chi connectivity index (χ0v) is 7.49. The van der Waals surface area contributed by atoms with Crippen LogP contribution >= 0.6 is 0 Å². The van der Waals surface area contributed by atoms with Gasteiger partial charge in [-0.15, -0.1) is 0 Å². The lowest BCUT2D eigenvalue weighted by Crippen LogP contribution is -2.37. The second kappa shape index (κ2) is 2.73. The molecule has 0 spiro atoms. The van der Waals surface area contributed by atoms with Gasteiger partial charge in [0.25, 0.3) is 0 Å². The molecule has 0 aromatic carbocycles. The van der Waals surface area contributed by atoms with Crippen LogP contribution < -0.4 is 5.73 Å². The van der Waals surface area contributed by atoms with Gasteiger partial charge in [-0.05, 0) is 25.7 Å². The Morgan fingerprint density at radius 1 is 1.67 bits per heavy atom. The average molecular weight is 168 g/mol. The number of nitrogens with zero attached hydrogens (tertiary/aromatic N) is 1. The Morgan fingerprint density at radius 2 is 2.42 bits per heavy atom. The minimum Gasteiger partial charge on any atom is -0.341 e. The molecule has 2 fully saturated rings. The first kappa shape index (κ1) is 8.05. The van der Waals surface area contributed by atoms with Crippen molar-refractivity contribution in [1.29, 1.82) is 0 Å². The maximum atomic E-state index is 11.6. The van der Waals surface area contributed by atoms with Crippen molar-refractivity contribution in [3.63, 3.8) is 0 Å². The molecule has 1 aliphatic carbocycles. The SMILES string of the molecule is CC(N)CN1CC2CCC2C1=O. The minimum atomic E-state index is 0.117. The third kappa shape index (κ3) is 1.12. The predicted octanol–water partition coefficient (Wildman–Crippen LogP) is 0.202. The molecule has 1 saturated heterocycles. The number of rotatable bonds is 2. The van der Waals surface area contributed by atoms with E-state index < -0.39 is 0 Å². The standard InChI is InChI=1S/C9H16N2O/c1-6(10)4-11-5-7-2-3-8(7)9(11)12/h6-8H,2-5,10H2,1H3. The van der Waals surface area contributed by atoms with Crippen LogP contribution in [0.25, 0.3) is 0 Å². The van der Waals surface area contributed by atoms with E-state index >= 15 is 0 Å². The van der Waals surface area contributed by atoms with Gasteiger partial charge in [-0.25, -0.2) is 0 Å². The van der Waals surface area contributed by atoms with Crippen LogP contribution in [-0.4, -0.2) is 29.9 Å². The molecule has 3 unspecified atom stereocenters. The first-order valence-corrected chi connectivity index (χ1v) is 4.73. The summed E-state index contributed by atoms with van der Waals surface area (Å²) in [6, 6.07) is 0.117. The summed E-state index contributed by atoms with van der Waals surface area (Å²) in [7, 11) is 0. The van der Waals surface area contributed by atoms with E-state index in [0.717, 1.165) is 19.5 Å². The summed E-state index contributed by atoms with van der Waals surface area (Å²) in [4.78, 5) is 13.5. The van der Waals surface area contributed by atoms with Crippen molar-refractivity contribution < 1.29 is 4.79 Å². The lowest BCUT2D eigenvalue weighted by Gasteiger charge is -2.25. The third-order valence-electron chi connectivity index (χ3n) is 3.01. The molecule has 1 saturated carbocycles. The first-order valence-electron chi connectivity index (χ1n) is 4.73. The second-order valence-electron chi connectivity index (χ2n) is 4.16. The van der Waals surface area contributed by atoms with E-state index in [-0.39, 0.29) is 6.04 Å². The normalized spacial score (nSPS) is 36.2. The summed E-state index contributed by atoms with van der Waals surface area (Å²) in [6.45, 7) is 3.66. The van der Waals surface area contributed by atoms with Crippen LogP contribution in [0, 0.1) is 11.8 Å². The Bertz CT molecular complexity index is 201. The van der Waals surface area contributed by atoms with E-state index in [4.69, 9.17) is 5.73 Å². The van der Waals surface area contributed by atoms with Gasteiger partial charge >= 0.3 is 0 Å². The Morgan fingerprint density at radius 3 is 2.75 bits per heavy atom. The summed E-state index contributed by atoms with van der Waals surface area (Å²) in [5.41, 5.74) is 5.65. The molecular formula is C9H16N2O. The zero-order chi connectivity index (χ0) is 8.72. The summed E-state index contributed by atoms with van der Waals surface area (Å²) in [5, 5.41) is 0. The van der Waals surface area contributed by atoms with Crippen molar-refractivity contribution in [2.75, 3.05) is 13.1 Å². The molecule has 68 valence electrons. The molecule has 3 heteroatoms. The molecule has 1 heterocycles. The van der Waals surface area contributed by atoms with Crippen molar-refractivity contribution in [2.45, 2.75) is 25.8 Å². The lowest BCUT2D eigenvalue weighted by atomic mass is 9.76. The third-order valence-corrected chi connectivity index (χ3v) is 3.01. The van der Waals surface area contributed by atoms with Gasteiger partial charge in [0.05, 0.1) is 0 Å². The number of hydrogen-bond acceptors (Lipinski definition) is 2. The zero-order valence-electron chi connectivity index (χ0n) is 7.49. The maximum absolute atomic E-state index is 11.6. The lowest BCUT2D eigenvalue weighted by molar-refractivity contribution is -0.132. The van der Waals surface area contributed by atoms with Crippen LogP contribution in [0.15, 0.2) is 0 Å². The first-order chi connectivity index (χ1) is 5.68. The number of nitrogens with two attached hydrogens (primary N) is 1. The molecule has 0 bridgehead atoms. The van der Waals surface area contributed by atoms with E-state index in [9.17, 15) is 4.79 Å². The Labute approximate surface area is 72.9 Å². The Balaban J connectivity index is 1.95. The molecular weight excluding hydrogens is 152 g/mol. The van der Waals surface area contributed by atoms with E-state index in [1.165, 1.54) is 6.42 Å². The maximum Gasteiger partial charge on any atom is 0.226 e. The summed E-state index contributed by atoms with van der Waals surface area (Å²) in [6.07, 6.45) is 2.35. The number of hydrogen-bond donors (Lipinski definition) is 1. The van der Waals surface area contributed by atoms with E-state index in [2.05, 4.69) is 0 Å². The van der Waals surface area contributed by atoms with E-state index in [0.29, 0.717) is 17.7 Å². The molecule has 0 aromatic heterocycles. The molecule has 0 aromatic rings. The highest BCUT2D eigenvalue weighted by Crippen LogP contribution is 2.41. The molecule has 12 heavy (non-hydrogen) atoms. The summed E-state index contributed by atoms with van der Waals surface area (Å²) < 4.78 is 0. The summed E-state index contributed by atoms with van der Waals surface area (Å²) >= 11 is 0. The molecule has 1 amide bonds. The van der Waals surface area contributed by atoms with E-state index in [1.54, 1.807) is 0 Å². The van der Waals surface area contributed by atoms with Gasteiger partial charge in [-0.3, -0.25) is 4.79 Å². The van der Waals surface area contributed by atoms with Crippen LogP contribution in [0.1, 0.15) is 19.8 Å². The average Bonchev–Trinajstić information content (AvgIpc) is 2.10. The van der Waals surface area contributed by atoms with Gasteiger partial charge in [0.2, 0.25) is 5.91 Å². The fraction of sp³-hybridized carbons (Fsp3) is 0.889. The van der Waals surface area contributed by atoms with Crippen molar-refractivity contribution in [3.8, 4) is 0 Å². The van der Waals surface area contributed by atoms with Gasteiger partial charge in [0, 0.05) is 25.0 Å². The van der Waals surface area contributed by atoms with Crippen LogP contribution in [-0.2, 0) is 4.79 Å².